The maximum Gasteiger partial charge on any atom is 0.336 e. The topological polar surface area (TPSA) is 84.0 Å². The van der Waals surface area contributed by atoms with Gasteiger partial charge in [-0.05, 0) is 31.1 Å². The van der Waals surface area contributed by atoms with Crippen molar-refractivity contribution in [3.8, 4) is 0 Å². The number of nitrogens with one attached hydrogen (secondary N) is 2. The molecule has 2 fully saturated rings. The fourth-order valence-electron chi connectivity index (χ4n) is 3.25. The Morgan fingerprint density at radius 1 is 1.37 bits per heavy atom. The quantitative estimate of drug-likeness (QED) is 0.773. The number of carbonyl (C=O) groups is 1. The lowest BCUT2D eigenvalue weighted by Crippen LogP contribution is -2.46. The van der Waals surface area contributed by atoms with E-state index in [1.807, 2.05) is 0 Å². The predicted molar refractivity (Wildman–Crippen MR) is 64.4 cm³/mol. The molecule has 3 rings (SSSR count). The van der Waals surface area contributed by atoms with E-state index < -0.39 is 23.1 Å². The van der Waals surface area contributed by atoms with Crippen molar-refractivity contribution >= 4 is 6.03 Å². The van der Waals surface area contributed by atoms with Crippen molar-refractivity contribution in [3.63, 3.8) is 0 Å². The Hall–Kier alpha value is -1.92. The zero-order valence-corrected chi connectivity index (χ0v) is 10.2. The Kier molecular flexibility index (Phi) is 2.76. The lowest BCUT2D eigenvalue weighted by Gasteiger charge is -2.22. The molecule has 1 aromatic heterocycles. The summed E-state index contributed by atoms with van der Waals surface area (Å²) in [6.07, 6.45) is 4.94. The van der Waals surface area contributed by atoms with Crippen molar-refractivity contribution in [3.05, 3.63) is 32.9 Å². The zero-order chi connectivity index (χ0) is 13.6. The average molecular weight is 267 g/mol. The van der Waals surface area contributed by atoms with E-state index >= 15 is 0 Å². The van der Waals surface area contributed by atoms with Gasteiger partial charge in [-0.25, -0.2) is 14.2 Å². The molecule has 6 nitrogen and oxygen atoms in total. The minimum absolute atomic E-state index is 0.0492. The van der Waals surface area contributed by atoms with Gasteiger partial charge in [-0.3, -0.25) is 9.78 Å². The second kappa shape index (κ2) is 4.32. The summed E-state index contributed by atoms with van der Waals surface area (Å²) in [6.45, 7) is 0. The molecule has 3 unspecified atom stereocenters. The Balaban J connectivity index is 1.79. The highest BCUT2D eigenvalue weighted by atomic mass is 19.1. The lowest BCUT2D eigenvalue weighted by atomic mass is 9.95. The Morgan fingerprint density at radius 2 is 2.16 bits per heavy atom. The molecule has 2 N–H and O–H groups in total. The van der Waals surface area contributed by atoms with Gasteiger partial charge in [-0.2, -0.15) is 4.39 Å². The van der Waals surface area contributed by atoms with Crippen LogP contribution in [0, 0.1) is 17.7 Å². The molecule has 0 radical (unpaired) electrons. The first-order valence-electron chi connectivity index (χ1n) is 6.37. The third-order valence-corrected chi connectivity index (χ3v) is 4.16. The van der Waals surface area contributed by atoms with Gasteiger partial charge in [-0.1, -0.05) is 6.42 Å². The molecule has 102 valence electrons. The summed E-state index contributed by atoms with van der Waals surface area (Å²) in [5.74, 6) is -0.0423. The first-order valence-corrected chi connectivity index (χ1v) is 6.37. The monoisotopic (exact) mass is 267 g/mol. The van der Waals surface area contributed by atoms with Crippen LogP contribution in [0.15, 0.2) is 15.8 Å². The first kappa shape index (κ1) is 12.1. The highest BCUT2D eigenvalue weighted by molar-refractivity contribution is 5.76. The van der Waals surface area contributed by atoms with Gasteiger partial charge in [0.25, 0.3) is 5.56 Å². The fourth-order valence-corrected chi connectivity index (χ4v) is 3.25. The van der Waals surface area contributed by atoms with Crippen LogP contribution in [-0.4, -0.2) is 21.6 Å². The molecule has 2 saturated carbocycles. The van der Waals surface area contributed by atoms with Crippen molar-refractivity contribution in [2.75, 3.05) is 0 Å². The van der Waals surface area contributed by atoms with Gasteiger partial charge in [0.05, 0.1) is 6.20 Å². The van der Waals surface area contributed by atoms with Crippen molar-refractivity contribution in [2.45, 2.75) is 31.7 Å². The number of amides is 1. The molecule has 0 aliphatic heterocycles. The zero-order valence-electron chi connectivity index (χ0n) is 10.2. The van der Waals surface area contributed by atoms with Gasteiger partial charge in [0.15, 0.2) is 0 Å². The Bertz CT molecular complexity index is 636. The van der Waals surface area contributed by atoms with Crippen LogP contribution in [0.4, 0.5) is 9.18 Å². The van der Waals surface area contributed by atoms with Crippen LogP contribution in [0.5, 0.6) is 0 Å². The number of aromatic amines is 1. The number of H-pyrrole nitrogens is 1. The summed E-state index contributed by atoms with van der Waals surface area (Å²) in [4.78, 5) is 36.0. The average Bonchev–Trinajstić information content (AvgIpc) is 2.95. The van der Waals surface area contributed by atoms with Gasteiger partial charge in [0, 0.05) is 6.04 Å². The molecular formula is C12H14FN3O3. The second-order valence-electron chi connectivity index (χ2n) is 5.34. The number of halogens is 1. The third kappa shape index (κ3) is 2.09. The Morgan fingerprint density at radius 3 is 2.79 bits per heavy atom. The second-order valence-corrected chi connectivity index (χ2v) is 5.34. The third-order valence-electron chi connectivity index (χ3n) is 4.16. The number of nitrogens with zero attached hydrogens (tertiary/aromatic N) is 1. The molecule has 1 heterocycles. The summed E-state index contributed by atoms with van der Waals surface area (Å²) in [5, 5.41) is 2.75. The SMILES string of the molecule is O=C(NC1CC2CCC1C2)n1cc(F)c(=O)[nH]c1=O. The Labute approximate surface area is 107 Å². The van der Waals surface area contributed by atoms with Gasteiger partial charge >= 0.3 is 11.7 Å². The van der Waals surface area contributed by atoms with E-state index in [1.165, 1.54) is 6.42 Å². The van der Waals surface area contributed by atoms with Crippen LogP contribution in [-0.2, 0) is 0 Å². The molecule has 2 bridgehead atoms. The largest absolute Gasteiger partial charge is 0.336 e. The molecule has 0 aromatic carbocycles. The highest BCUT2D eigenvalue weighted by Gasteiger charge is 2.40. The molecular weight excluding hydrogens is 253 g/mol. The maximum absolute atomic E-state index is 13.1. The van der Waals surface area contributed by atoms with E-state index in [4.69, 9.17) is 0 Å². The number of rotatable bonds is 1. The van der Waals surface area contributed by atoms with E-state index in [0.717, 1.165) is 19.3 Å². The van der Waals surface area contributed by atoms with E-state index in [-0.39, 0.29) is 6.04 Å². The highest BCUT2D eigenvalue weighted by Crippen LogP contribution is 2.44. The molecule has 2 aliphatic rings. The summed E-state index contributed by atoms with van der Waals surface area (Å²) >= 11 is 0. The van der Waals surface area contributed by atoms with E-state index in [9.17, 15) is 18.8 Å². The van der Waals surface area contributed by atoms with Crippen molar-refractivity contribution in [1.82, 2.24) is 14.9 Å². The predicted octanol–water partition coefficient (Wildman–Crippen LogP) is 0.422. The van der Waals surface area contributed by atoms with Gasteiger partial charge in [0.2, 0.25) is 5.82 Å². The normalized spacial score (nSPS) is 28.6. The van der Waals surface area contributed by atoms with Crippen LogP contribution < -0.4 is 16.6 Å². The molecule has 0 spiro atoms. The van der Waals surface area contributed by atoms with Crippen molar-refractivity contribution in [1.29, 1.82) is 0 Å². The van der Waals surface area contributed by atoms with Crippen LogP contribution in [0.1, 0.15) is 25.7 Å². The van der Waals surface area contributed by atoms with Crippen LogP contribution in [0.25, 0.3) is 0 Å². The van der Waals surface area contributed by atoms with Gasteiger partial charge in [0.1, 0.15) is 0 Å². The van der Waals surface area contributed by atoms with E-state index in [2.05, 4.69) is 5.32 Å². The van der Waals surface area contributed by atoms with Crippen LogP contribution in [0.3, 0.4) is 0 Å². The number of carbonyl (C=O) groups excluding carboxylic acids is 1. The van der Waals surface area contributed by atoms with E-state index in [1.54, 1.807) is 4.98 Å². The number of hydrogen-bond donors (Lipinski definition) is 2. The van der Waals surface area contributed by atoms with Crippen LogP contribution in [0.2, 0.25) is 0 Å². The lowest BCUT2D eigenvalue weighted by molar-refractivity contribution is 0.230. The maximum atomic E-state index is 13.1. The number of aromatic nitrogens is 2. The number of hydrogen-bond acceptors (Lipinski definition) is 3. The van der Waals surface area contributed by atoms with Gasteiger partial charge < -0.3 is 5.32 Å². The molecule has 0 saturated heterocycles. The summed E-state index contributed by atoms with van der Waals surface area (Å²) in [6, 6.07) is -0.633. The molecule has 1 amide bonds. The number of fused-ring (bicyclic) bond motifs is 2. The molecule has 2 aliphatic carbocycles. The fraction of sp³-hybridized carbons (Fsp3) is 0.583. The summed E-state index contributed by atoms with van der Waals surface area (Å²) < 4.78 is 13.7. The first-order chi connectivity index (χ1) is 9.04. The minimum Gasteiger partial charge on any atom is -0.334 e. The summed E-state index contributed by atoms with van der Waals surface area (Å²) in [7, 11) is 0. The van der Waals surface area contributed by atoms with E-state index in [0.29, 0.717) is 22.6 Å². The van der Waals surface area contributed by atoms with Gasteiger partial charge in [-0.15, -0.1) is 0 Å². The van der Waals surface area contributed by atoms with Crippen LogP contribution >= 0.6 is 0 Å². The summed E-state index contributed by atoms with van der Waals surface area (Å²) in [5.41, 5.74) is -2.04. The molecule has 7 heteroatoms. The molecule has 19 heavy (non-hydrogen) atoms. The van der Waals surface area contributed by atoms with Crippen molar-refractivity contribution < 1.29 is 9.18 Å². The minimum atomic E-state index is -1.15. The van der Waals surface area contributed by atoms with Crippen molar-refractivity contribution in [2.24, 2.45) is 11.8 Å². The smallest absolute Gasteiger partial charge is 0.334 e. The molecule has 3 atom stereocenters. The standard InChI is InChI=1S/C12H14FN3O3/c13-8-5-16(12(19)15-10(8)17)11(18)14-9-4-6-1-2-7(9)3-6/h5-7,9H,1-4H2,(H,14,18)(H,15,17,19). The molecule has 1 aromatic rings.